The fourth-order valence-corrected chi connectivity index (χ4v) is 2.86. The highest BCUT2D eigenvalue weighted by Gasteiger charge is 2.29. The van der Waals surface area contributed by atoms with Crippen LogP contribution >= 0.6 is 0 Å². The van der Waals surface area contributed by atoms with Crippen LogP contribution in [-0.4, -0.2) is 15.3 Å². The lowest BCUT2D eigenvalue weighted by Gasteiger charge is -2.33. The van der Waals surface area contributed by atoms with Crippen molar-refractivity contribution in [3.05, 3.63) is 17.0 Å². The third-order valence-corrected chi connectivity index (χ3v) is 4.04. The quantitative estimate of drug-likeness (QED) is 0.832. The van der Waals surface area contributed by atoms with E-state index in [4.69, 9.17) is 5.73 Å². The molecule has 0 spiro atoms. The first-order valence-corrected chi connectivity index (χ1v) is 6.30. The lowest BCUT2D eigenvalue weighted by molar-refractivity contribution is 0.293. The summed E-state index contributed by atoms with van der Waals surface area (Å²) in [6.45, 7) is 4.23. The molecule has 1 aromatic heterocycles. The molecule has 0 amide bonds. The van der Waals surface area contributed by atoms with E-state index >= 15 is 0 Å². The molecule has 0 radical (unpaired) electrons. The van der Waals surface area contributed by atoms with Crippen LogP contribution in [0.1, 0.15) is 49.1 Å². The average Bonchev–Trinajstić information content (AvgIpc) is 2.46. The number of aryl methyl sites for hydroxylation is 2. The molecule has 2 rings (SSSR count). The predicted molar refractivity (Wildman–Crippen MR) is 66.4 cm³/mol. The van der Waals surface area contributed by atoms with Gasteiger partial charge in [0.2, 0.25) is 0 Å². The molecule has 1 fully saturated rings. The summed E-state index contributed by atoms with van der Waals surface area (Å²) < 4.78 is 1.97. The Hall–Kier alpha value is -0.830. The van der Waals surface area contributed by atoms with Crippen molar-refractivity contribution in [1.29, 1.82) is 0 Å². The second-order valence-electron chi connectivity index (χ2n) is 5.37. The van der Waals surface area contributed by atoms with Gasteiger partial charge in [0.05, 0.1) is 5.69 Å². The topological polar surface area (TPSA) is 43.8 Å². The van der Waals surface area contributed by atoms with Crippen molar-refractivity contribution in [2.24, 2.45) is 12.8 Å². The Kier molecular flexibility index (Phi) is 3.06. The van der Waals surface area contributed by atoms with Crippen molar-refractivity contribution in [2.75, 3.05) is 0 Å². The highest BCUT2D eigenvalue weighted by molar-refractivity contribution is 5.26. The molecular formula is C13H23N3. The minimum Gasteiger partial charge on any atom is -0.325 e. The molecule has 3 heteroatoms. The summed E-state index contributed by atoms with van der Waals surface area (Å²) in [7, 11) is 2.01. The zero-order valence-corrected chi connectivity index (χ0v) is 10.7. The summed E-state index contributed by atoms with van der Waals surface area (Å²) in [5.74, 6) is 0. The van der Waals surface area contributed by atoms with Gasteiger partial charge in [0.15, 0.2) is 0 Å². The lowest BCUT2D eigenvalue weighted by Crippen LogP contribution is -2.44. The molecule has 1 saturated carbocycles. The van der Waals surface area contributed by atoms with Gasteiger partial charge >= 0.3 is 0 Å². The molecule has 1 heterocycles. The highest BCUT2D eigenvalue weighted by Crippen LogP contribution is 2.30. The average molecular weight is 221 g/mol. The first-order valence-electron chi connectivity index (χ1n) is 6.30. The SMILES string of the molecule is Cc1nn(C)c(C)c1CC1(N)CCCCC1. The molecule has 0 atom stereocenters. The van der Waals surface area contributed by atoms with Crippen LogP contribution in [0.4, 0.5) is 0 Å². The Bertz CT molecular complexity index is 373. The van der Waals surface area contributed by atoms with Crippen molar-refractivity contribution in [2.45, 2.75) is 57.9 Å². The molecular weight excluding hydrogens is 198 g/mol. The van der Waals surface area contributed by atoms with E-state index in [1.54, 1.807) is 0 Å². The summed E-state index contributed by atoms with van der Waals surface area (Å²) in [5, 5.41) is 4.47. The predicted octanol–water partition coefficient (Wildman–Crippen LogP) is 2.24. The molecule has 16 heavy (non-hydrogen) atoms. The smallest absolute Gasteiger partial charge is 0.0629 e. The van der Waals surface area contributed by atoms with Gasteiger partial charge in [0, 0.05) is 18.3 Å². The van der Waals surface area contributed by atoms with E-state index in [1.165, 1.54) is 43.4 Å². The minimum atomic E-state index is 0.0246. The van der Waals surface area contributed by atoms with Crippen molar-refractivity contribution < 1.29 is 0 Å². The number of rotatable bonds is 2. The minimum absolute atomic E-state index is 0.0246. The van der Waals surface area contributed by atoms with Gasteiger partial charge in [0.1, 0.15) is 0 Å². The van der Waals surface area contributed by atoms with Crippen LogP contribution in [0.2, 0.25) is 0 Å². The van der Waals surface area contributed by atoms with E-state index in [0.29, 0.717) is 0 Å². The number of hydrogen-bond acceptors (Lipinski definition) is 2. The van der Waals surface area contributed by atoms with Crippen molar-refractivity contribution in [1.82, 2.24) is 9.78 Å². The van der Waals surface area contributed by atoms with Gasteiger partial charge in [-0.05, 0) is 38.7 Å². The number of nitrogens with zero attached hydrogens (tertiary/aromatic N) is 2. The number of aromatic nitrogens is 2. The van der Waals surface area contributed by atoms with Gasteiger partial charge in [0.25, 0.3) is 0 Å². The lowest BCUT2D eigenvalue weighted by atomic mass is 9.78. The first-order chi connectivity index (χ1) is 7.52. The molecule has 0 saturated heterocycles. The van der Waals surface area contributed by atoms with E-state index in [1.807, 2.05) is 11.7 Å². The summed E-state index contributed by atoms with van der Waals surface area (Å²) >= 11 is 0. The molecule has 0 bridgehead atoms. The van der Waals surface area contributed by atoms with Crippen LogP contribution < -0.4 is 5.73 Å². The summed E-state index contributed by atoms with van der Waals surface area (Å²) in [4.78, 5) is 0. The second-order valence-corrected chi connectivity index (χ2v) is 5.37. The molecule has 90 valence electrons. The molecule has 0 unspecified atom stereocenters. The fourth-order valence-electron chi connectivity index (χ4n) is 2.86. The van der Waals surface area contributed by atoms with Crippen LogP contribution in [0.25, 0.3) is 0 Å². The van der Waals surface area contributed by atoms with Crippen molar-refractivity contribution in [3.63, 3.8) is 0 Å². The monoisotopic (exact) mass is 221 g/mol. The second kappa shape index (κ2) is 4.21. The van der Waals surface area contributed by atoms with Crippen LogP contribution in [0.5, 0.6) is 0 Å². The van der Waals surface area contributed by atoms with Gasteiger partial charge in [-0.3, -0.25) is 4.68 Å². The third-order valence-electron chi connectivity index (χ3n) is 4.04. The molecule has 0 aliphatic heterocycles. The van der Waals surface area contributed by atoms with Crippen LogP contribution in [-0.2, 0) is 13.5 Å². The van der Waals surface area contributed by atoms with E-state index in [9.17, 15) is 0 Å². The molecule has 1 aliphatic carbocycles. The fraction of sp³-hybridized carbons (Fsp3) is 0.769. The first kappa shape index (κ1) is 11.6. The maximum atomic E-state index is 6.50. The van der Waals surface area contributed by atoms with Crippen molar-refractivity contribution >= 4 is 0 Å². The van der Waals surface area contributed by atoms with Gasteiger partial charge < -0.3 is 5.73 Å². The number of hydrogen-bond donors (Lipinski definition) is 1. The Morgan fingerprint density at radius 3 is 2.38 bits per heavy atom. The van der Waals surface area contributed by atoms with E-state index in [0.717, 1.165) is 12.1 Å². The van der Waals surface area contributed by atoms with Crippen LogP contribution in [0.3, 0.4) is 0 Å². The normalized spacial score (nSPS) is 20.0. The molecule has 2 N–H and O–H groups in total. The Balaban J connectivity index is 2.19. The Morgan fingerprint density at radius 1 is 1.25 bits per heavy atom. The Labute approximate surface area is 98.0 Å². The van der Waals surface area contributed by atoms with Gasteiger partial charge in [-0.25, -0.2) is 0 Å². The summed E-state index contributed by atoms with van der Waals surface area (Å²) in [5.41, 5.74) is 10.3. The molecule has 1 aliphatic rings. The highest BCUT2D eigenvalue weighted by atomic mass is 15.3. The number of nitrogens with two attached hydrogens (primary N) is 1. The largest absolute Gasteiger partial charge is 0.325 e. The zero-order valence-electron chi connectivity index (χ0n) is 10.7. The van der Waals surface area contributed by atoms with Gasteiger partial charge in [-0.2, -0.15) is 5.10 Å². The summed E-state index contributed by atoms with van der Waals surface area (Å²) in [6, 6.07) is 0. The van der Waals surface area contributed by atoms with Gasteiger partial charge in [-0.15, -0.1) is 0 Å². The standard InChI is InChI=1S/C13H23N3/c1-10-12(11(2)16(3)15-10)9-13(14)7-5-4-6-8-13/h4-9,14H2,1-3H3. The summed E-state index contributed by atoms with van der Waals surface area (Å²) in [6.07, 6.45) is 7.26. The maximum absolute atomic E-state index is 6.50. The zero-order chi connectivity index (χ0) is 11.8. The molecule has 1 aromatic rings. The van der Waals surface area contributed by atoms with Crippen molar-refractivity contribution in [3.8, 4) is 0 Å². The van der Waals surface area contributed by atoms with E-state index in [-0.39, 0.29) is 5.54 Å². The van der Waals surface area contributed by atoms with Gasteiger partial charge in [-0.1, -0.05) is 19.3 Å². The maximum Gasteiger partial charge on any atom is 0.0629 e. The van der Waals surface area contributed by atoms with E-state index in [2.05, 4.69) is 18.9 Å². The van der Waals surface area contributed by atoms with Crippen LogP contribution in [0.15, 0.2) is 0 Å². The third kappa shape index (κ3) is 2.14. The Morgan fingerprint density at radius 2 is 1.88 bits per heavy atom. The van der Waals surface area contributed by atoms with Crippen LogP contribution in [0, 0.1) is 13.8 Å². The molecule has 0 aromatic carbocycles. The van der Waals surface area contributed by atoms with E-state index < -0.39 is 0 Å². The molecule has 3 nitrogen and oxygen atoms in total.